The monoisotopic (exact) mass is 374 g/mol. The molecular formula is C17H12F6N2O. The van der Waals surface area contributed by atoms with Crippen molar-refractivity contribution in [1.82, 2.24) is 4.57 Å². The second-order valence-corrected chi connectivity index (χ2v) is 5.48. The molecule has 0 aliphatic rings. The first-order chi connectivity index (χ1) is 11.9. The summed E-state index contributed by atoms with van der Waals surface area (Å²) in [5, 5.41) is 0. The zero-order chi connectivity index (χ0) is 19.9. The number of aromatic nitrogens is 1. The van der Waals surface area contributed by atoms with E-state index in [0.29, 0.717) is 12.1 Å². The van der Waals surface area contributed by atoms with Crippen LogP contribution in [0.25, 0.3) is 11.3 Å². The van der Waals surface area contributed by atoms with Crippen LogP contribution in [0.15, 0.2) is 24.3 Å². The van der Waals surface area contributed by atoms with Gasteiger partial charge in [-0.2, -0.15) is 26.3 Å². The number of hydrogen-bond acceptors (Lipinski definition) is 1. The van der Waals surface area contributed by atoms with E-state index in [2.05, 4.69) is 5.92 Å². The standard InChI is InChI=1S/C17H12F6N2O/c1-3-4-25-9(2)13(15(24)26)8-14(25)10-5-11(16(18,19)20)7-12(6-10)17(21,22)23/h1,5-8H,4H2,2H3,(H2,24,26). The van der Waals surface area contributed by atoms with Crippen molar-refractivity contribution < 1.29 is 31.1 Å². The van der Waals surface area contributed by atoms with Crippen LogP contribution < -0.4 is 5.73 Å². The number of rotatable bonds is 3. The summed E-state index contributed by atoms with van der Waals surface area (Å²) >= 11 is 0. The highest BCUT2D eigenvalue weighted by atomic mass is 19.4. The molecule has 0 aliphatic heterocycles. The van der Waals surface area contributed by atoms with E-state index >= 15 is 0 Å². The van der Waals surface area contributed by atoms with E-state index in [1.807, 2.05) is 0 Å². The smallest absolute Gasteiger partial charge is 0.366 e. The normalized spacial score (nSPS) is 12.1. The van der Waals surface area contributed by atoms with Crippen LogP contribution in [0, 0.1) is 19.3 Å². The minimum Gasteiger partial charge on any atom is -0.366 e. The SMILES string of the molecule is C#CCn1c(-c2cc(C(F)(F)F)cc(C(F)(F)F)c2)cc(C(N)=O)c1C. The van der Waals surface area contributed by atoms with Crippen LogP contribution in [0.1, 0.15) is 27.2 Å². The van der Waals surface area contributed by atoms with Crippen molar-refractivity contribution in [2.24, 2.45) is 5.73 Å². The highest BCUT2D eigenvalue weighted by molar-refractivity contribution is 5.95. The molecule has 1 heterocycles. The fraction of sp³-hybridized carbons (Fsp3) is 0.235. The van der Waals surface area contributed by atoms with Gasteiger partial charge < -0.3 is 10.3 Å². The second-order valence-electron chi connectivity index (χ2n) is 5.48. The number of carbonyl (C=O) groups excluding carboxylic acids is 1. The fourth-order valence-corrected chi connectivity index (χ4v) is 2.53. The summed E-state index contributed by atoms with van der Waals surface area (Å²) in [4.78, 5) is 11.5. The topological polar surface area (TPSA) is 48.0 Å². The largest absolute Gasteiger partial charge is 0.416 e. The number of hydrogen-bond donors (Lipinski definition) is 1. The van der Waals surface area contributed by atoms with Gasteiger partial charge in [0.1, 0.15) is 0 Å². The Kier molecular flexibility index (Phi) is 4.82. The maximum atomic E-state index is 13.0. The number of nitrogens with two attached hydrogens (primary N) is 1. The number of nitrogens with zero attached hydrogens (tertiary/aromatic N) is 1. The lowest BCUT2D eigenvalue weighted by atomic mass is 10.0. The van der Waals surface area contributed by atoms with Gasteiger partial charge in [-0.1, -0.05) is 5.92 Å². The highest BCUT2D eigenvalue weighted by Gasteiger charge is 2.37. The second kappa shape index (κ2) is 6.44. The maximum absolute atomic E-state index is 13.0. The first-order valence-corrected chi connectivity index (χ1v) is 7.09. The number of terminal acetylenes is 1. The van der Waals surface area contributed by atoms with Gasteiger partial charge in [0.15, 0.2) is 0 Å². The molecule has 0 spiro atoms. The molecule has 1 aromatic heterocycles. The summed E-state index contributed by atoms with van der Waals surface area (Å²) in [6.45, 7) is 1.28. The summed E-state index contributed by atoms with van der Waals surface area (Å²) in [7, 11) is 0. The molecule has 0 fully saturated rings. The van der Waals surface area contributed by atoms with Crippen LogP contribution in [0.4, 0.5) is 26.3 Å². The van der Waals surface area contributed by atoms with Crippen molar-refractivity contribution >= 4 is 5.91 Å². The lowest BCUT2D eigenvalue weighted by Gasteiger charge is -2.15. The number of halogens is 6. The Labute approximate surface area is 144 Å². The van der Waals surface area contributed by atoms with Gasteiger partial charge in [0.05, 0.1) is 23.2 Å². The molecular weight excluding hydrogens is 362 g/mol. The van der Waals surface area contributed by atoms with E-state index in [1.54, 1.807) is 0 Å². The third-order valence-electron chi connectivity index (χ3n) is 3.76. The van der Waals surface area contributed by atoms with Crippen LogP contribution >= 0.6 is 0 Å². The molecule has 138 valence electrons. The first-order valence-electron chi connectivity index (χ1n) is 7.09. The Morgan fingerprint density at radius 3 is 1.96 bits per heavy atom. The Bertz CT molecular complexity index is 867. The fourth-order valence-electron chi connectivity index (χ4n) is 2.53. The predicted molar refractivity (Wildman–Crippen MR) is 82.0 cm³/mol. The molecule has 1 amide bonds. The van der Waals surface area contributed by atoms with Gasteiger partial charge in [0.25, 0.3) is 5.91 Å². The number of amides is 1. The van der Waals surface area contributed by atoms with Gasteiger partial charge in [-0.05, 0) is 36.8 Å². The molecule has 1 aromatic carbocycles. The summed E-state index contributed by atoms with van der Waals surface area (Å²) in [5.74, 6) is 1.37. The van der Waals surface area contributed by atoms with Crippen molar-refractivity contribution in [2.45, 2.75) is 25.8 Å². The number of alkyl halides is 6. The van der Waals surface area contributed by atoms with E-state index in [1.165, 1.54) is 11.5 Å². The van der Waals surface area contributed by atoms with E-state index in [-0.39, 0.29) is 35.1 Å². The molecule has 2 aromatic rings. The summed E-state index contributed by atoms with van der Waals surface area (Å²) < 4.78 is 79.5. The average molecular weight is 374 g/mol. The number of primary amides is 1. The van der Waals surface area contributed by atoms with Crippen LogP contribution in [0.3, 0.4) is 0 Å². The number of carbonyl (C=O) groups is 1. The molecule has 2 N–H and O–H groups in total. The van der Waals surface area contributed by atoms with E-state index in [9.17, 15) is 31.1 Å². The van der Waals surface area contributed by atoms with Crippen molar-refractivity contribution in [1.29, 1.82) is 0 Å². The average Bonchev–Trinajstić information content (AvgIpc) is 2.83. The minimum absolute atomic E-state index is 0.0276. The molecule has 3 nitrogen and oxygen atoms in total. The first kappa shape index (κ1) is 19.4. The van der Waals surface area contributed by atoms with Gasteiger partial charge in [-0.15, -0.1) is 6.42 Å². The van der Waals surface area contributed by atoms with Gasteiger partial charge in [0.2, 0.25) is 0 Å². The zero-order valence-electron chi connectivity index (χ0n) is 13.3. The molecule has 0 saturated carbocycles. The molecule has 0 aliphatic carbocycles. The lowest BCUT2D eigenvalue weighted by Crippen LogP contribution is -2.12. The summed E-state index contributed by atoms with van der Waals surface area (Å²) in [5.41, 5.74) is 2.04. The van der Waals surface area contributed by atoms with Gasteiger partial charge >= 0.3 is 12.4 Å². The predicted octanol–water partition coefficient (Wildman–Crippen LogP) is 4.23. The van der Waals surface area contributed by atoms with Crippen LogP contribution in [-0.4, -0.2) is 10.5 Å². The Morgan fingerprint density at radius 2 is 1.58 bits per heavy atom. The molecule has 0 radical (unpaired) electrons. The van der Waals surface area contributed by atoms with Crippen molar-refractivity contribution in [3.05, 3.63) is 46.6 Å². The lowest BCUT2D eigenvalue weighted by molar-refractivity contribution is -0.143. The summed E-state index contributed by atoms with van der Waals surface area (Å²) in [6, 6.07) is 2.30. The Hall–Kier alpha value is -2.89. The van der Waals surface area contributed by atoms with E-state index in [4.69, 9.17) is 12.2 Å². The maximum Gasteiger partial charge on any atom is 0.416 e. The van der Waals surface area contributed by atoms with Crippen molar-refractivity contribution in [3.63, 3.8) is 0 Å². The molecule has 0 bridgehead atoms. The minimum atomic E-state index is -4.99. The van der Waals surface area contributed by atoms with Crippen LogP contribution in [0.2, 0.25) is 0 Å². The summed E-state index contributed by atoms with van der Waals surface area (Å²) in [6.07, 6.45) is -4.76. The van der Waals surface area contributed by atoms with Crippen molar-refractivity contribution in [3.8, 4) is 23.6 Å². The number of benzene rings is 1. The van der Waals surface area contributed by atoms with Crippen molar-refractivity contribution in [2.75, 3.05) is 0 Å². The molecule has 0 atom stereocenters. The molecule has 0 saturated heterocycles. The molecule has 0 unspecified atom stereocenters. The van der Waals surface area contributed by atoms with Crippen LogP contribution in [-0.2, 0) is 18.9 Å². The third-order valence-corrected chi connectivity index (χ3v) is 3.76. The van der Waals surface area contributed by atoms with Crippen LogP contribution in [0.5, 0.6) is 0 Å². The van der Waals surface area contributed by atoms with Gasteiger partial charge in [-0.3, -0.25) is 4.79 Å². The highest BCUT2D eigenvalue weighted by Crippen LogP contribution is 2.39. The van der Waals surface area contributed by atoms with E-state index in [0.717, 1.165) is 6.07 Å². The van der Waals surface area contributed by atoms with Gasteiger partial charge in [-0.25, -0.2) is 0 Å². The third kappa shape index (κ3) is 3.69. The molecule has 2 rings (SSSR count). The molecule has 9 heteroatoms. The van der Waals surface area contributed by atoms with Gasteiger partial charge in [0, 0.05) is 11.4 Å². The quantitative estimate of drug-likeness (QED) is 0.634. The van der Waals surface area contributed by atoms with E-state index < -0.39 is 29.4 Å². The molecule has 26 heavy (non-hydrogen) atoms. The Balaban J connectivity index is 2.82. The zero-order valence-corrected chi connectivity index (χ0v) is 13.3. The Morgan fingerprint density at radius 1 is 1.08 bits per heavy atom.